The summed E-state index contributed by atoms with van der Waals surface area (Å²) < 4.78 is 6.71. The second kappa shape index (κ2) is 7.20. The zero-order chi connectivity index (χ0) is 18.1. The Balaban J connectivity index is 1.70. The van der Waals surface area contributed by atoms with Gasteiger partial charge < -0.3 is 10.1 Å². The number of amides is 1. The van der Waals surface area contributed by atoms with Crippen LogP contribution in [0.25, 0.3) is 10.1 Å². The molecule has 0 aliphatic carbocycles. The lowest BCUT2D eigenvalue weighted by atomic mass is 9.73. The van der Waals surface area contributed by atoms with Gasteiger partial charge in [-0.1, -0.05) is 29.3 Å². The summed E-state index contributed by atoms with van der Waals surface area (Å²) in [6.45, 7) is 1.05. The van der Waals surface area contributed by atoms with Crippen molar-refractivity contribution in [2.45, 2.75) is 18.3 Å². The molecule has 3 aromatic rings. The third-order valence-corrected chi connectivity index (χ3v) is 6.38. The Kier molecular flexibility index (Phi) is 4.93. The van der Waals surface area contributed by atoms with Gasteiger partial charge in [-0.05, 0) is 65.6 Å². The quantitative estimate of drug-likeness (QED) is 0.589. The van der Waals surface area contributed by atoms with Crippen molar-refractivity contribution in [3.63, 3.8) is 0 Å². The monoisotopic (exact) mass is 405 g/mol. The first-order valence-corrected chi connectivity index (χ1v) is 10.0. The molecule has 0 unspecified atom stereocenters. The molecule has 0 saturated carbocycles. The molecule has 1 aliphatic heterocycles. The molecule has 0 bridgehead atoms. The second-order valence-corrected chi connectivity index (χ2v) is 8.24. The molecule has 1 fully saturated rings. The van der Waals surface area contributed by atoms with Gasteiger partial charge in [-0.25, -0.2) is 0 Å². The third-order valence-electron chi connectivity index (χ3n) is 4.94. The molecule has 0 atom stereocenters. The van der Waals surface area contributed by atoms with E-state index in [4.69, 9.17) is 27.9 Å². The fourth-order valence-electron chi connectivity index (χ4n) is 3.51. The van der Waals surface area contributed by atoms with E-state index in [9.17, 15) is 4.79 Å². The highest BCUT2D eigenvalue weighted by molar-refractivity contribution is 7.17. The molecule has 0 spiro atoms. The molecule has 6 heteroatoms. The molecule has 1 aromatic heterocycles. The van der Waals surface area contributed by atoms with Crippen LogP contribution in [-0.4, -0.2) is 19.1 Å². The highest BCUT2D eigenvalue weighted by Gasteiger charge is 2.43. The van der Waals surface area contributed by atoms with E-state index >= 15 is 0 Å². The molecular formula is C20H17Cl2NO2S. The summed E-state index contributed by atoms with van der Waals surface area (Å²) in [7, 11) is 0. The van der Waals surface area contributed by atoms with Crippen molar-refractivity contribution in [2.24, 2.45) is 0 Å². The van der Waals surface area contributed by atoms with Crippen LogP contribution in [0.5, 0.6) is 0 Å². The SMILES string of the molecule is O=C(Nc1ccc2sccc2c1)C1(c2ccc(Cl)cc2Cl)CCOCC1. The fraction of sp³-hybridized carbons (Fsp3) is 0.250. The number of benzene rings is 2. The molecule has 1 saturated heterocycles. The summed E-state index contributed by atoms with van der Waals surface area (Å²) in [6, 6.07) is 13.4. The molecule has 1 aliphatic rings. The van der Waals surface area contributed by atoms with Crippen molar-refractivity contribution in [2.75, 3.05) is 18.5 Å². The molecule has 2 aromatic carbocycles. The number of carbonyl (C=O) groups is 1. The van der Waals surface area contributed by atoms with Gasteiger partial charge in [0.05, 0.1) is 5.41 Å². The largest absolute Gasteiger partial charge is 0.381 e. The topological polar surface area (TPSA) is 38.3 Å². The Labute approximate surface area is 165 Å². The van der Waals surface area contributed by atoms with Crippen molar-refractivity contribution >= 4 is 56.2 Å². The van der Waals surface area contributed by atoms with Gasteiger partial charge in [0.15, 0.2) is 0 Å². The lowest BCUT2D eigenvalue weighted by molar-refractivity contribution is -0.125. The van der Waals surface area contributed by atoms with E-state index in [0.717, 1.165) is 16.6 Å². The first-order chi connectivity index (χ1) is 12.6. The van der Waals surface area contributed by atoms with Crippen LogP contribution in [-0.2, 0) is 14.9 Å². The highest BCUT2D eigenvalue weighted by Crippen LogP contribution is 2.40. The number of hydrogen-bond acceptors (Lipinski definition) is 3. The van der Waals surface area contributed by atoms with E-state index in [1.165, 1.54) is 4.70 Å². The number of nitrogens with one attached hydrogen (secondary N) is 1. The predicted molar refractivity (Wildman–Crippen MR) is 109 cm³/mol. The van der Waals surface area contributed by atoms with E-state index in [1.54, 1.807) is 23.5 Å². The zero-order valence-corrected chi connectivity index (χ0v) is 16.3. The van der Waals surface area contributed by atoms with E-state index in [1.807, 2.05) is 29.6 Å². The molecular weight excluding hydrogens is 389 g/mol. The maximum Gasteiger partial charge on any atom is 0.235 e. The van der Waals surface area contributed by atoms with Gasteiger partial charge in [0, 0.05) is 33.6 Å². The third kappa shape index (κ3) is 3.23. The lowest BCUT2D eigenvalue weighted by Gasteiger charge is -2.36. The molecule has 4 rings (SSSR count). The van der Waals surface area contributed by atoms with E-state index in [0.29, 0.717) is 36.1 Å². The Hall–Kier alpha value is -1.59. The Bertz CT molecular complexity index is 963. The van der Waals surface area contributed by atoms with Crippen LogP contribution < -0.4 is 5.32 Å². The van der Waals surface area contributed by atoms with Gasteiger partial charge in [-0.15, -0.1) is 11.3 Å². The fourth-order valence-corrected chi connectivity index (χ4v) is 4.87. The first-order valence-electron chi connectivity index (χ1n) is 8.40. The van der Waals surface area contributed by atoms with Crippen LogP contribution in [0.15, 0.2) is 47.8 Å². The van der Waals surface area contributed by atoms with Crippen LogP contribution in [0.1, 0.15) is 18.4 Å². The molecule has 1 N–H and O–H groups in total. The number of hydrogen-bond donors (Lipinski definition) is 1. The van der Waals surface area contributed by atoms with Crippen molar-refractivity contribution in [1.82, 2.24) is 0 Å². The highest BCUT2D eigenvalue weighted by atomic mass is 35.5. The molecule has 26 heavy (non-hydrogen) atoms. The van der Waals surface area contributed by atoms with Gasteiger partial charge >= 0.3 is 0 Å². The predicted octanol–water partition coefficient (Wildman–Crippen LogP) is 5.90. The molecule has 2 heterocycles. The first kappa shape index (κ1) is 17.8. The Morgan fingerprint density at radius 1 is 1.08 bits per heavy atom. The summed E-state index contributed by atoms with van der Waals surface area (Å²) in [5, 5.41) is 7.34. The van der Waals surface area contributed by atoms with Crippen molar-refractivity contribution in [3.8, 4) is 0 Å². The maximum absolute atomic E-state index is 13.3. The van der Waals surface area contributed by atoms with Crippen LogP contribution in [0.4, 0.5) is 5.69 Å². The second-order valence-electron chi connectivity index (χ2n) is 6.45. The summed E-state index contributed by atoms with van der Waals surface area (Å²) >= 11 is 14.2. The number of halogens is 2. The standard InChI is InChI=1S/C20H17Cl2NO2S/c21-14-1-3-16(17(22)12-14)20(6-8-25-9-7-20)19(24)23-15-2-4-18-13(11-15)5-10-26-18/h1-5,10-12H,6-9H2,(H,23,24). The molecule has 3 nitrogen and oxygen atoms in total. The van der Waals surface area contributed by atoms with Gasteiger partial charge in [0.1, 0.15) is 0 Å². The van der Waals surface area contributed by atoms with Gasteiger partial charge in [0.25, 0.3) is 0 Å². The van der Waals surface area contributed by atoms with Crippen molar-refractivity contribution in [3.05, 3.63) is 63.5 Å². The van der Waals surface area contributed by atoms with Crippen molar-refractivity contribution < 1.29 is 9.53 Å². The minimum Gasteiger partial charge on any atom is -0.381 e. The van der Waals surface area contributed by atoms with Crippen molar-refractivity contribution in [1.29, 1.82) is 0 Å². The number of rotatable bonds is 3. The number of ether oxygens (including phenoxy) is 1. The summed E-state index contributed by atoms with van der Waals surface area (Å²) in [4.78, 5) is 13.3. The summed E-state index contributed by atoms with van der Waals surface area (Å²) in [6.07, 6.45) is 1.17. The molecule has 0 radical (unpaired) electrons. The van der Waals surface area contributed by atoms with Gasteiger partial charge in [-0.2, -0.15) is 0 Å². The Morgan fingerprint density at radius 2 is 1.88 bits per heavy atom. The van der Waals surface area contributed by atoms with Crippen LogP contribution in [0.3, 0.4) is 0 Å². The van der Waals surface area contributed by atoms with E-state index < -0.39 is 5.41 Å². The van der Waals surface area contributed by atoms with Crippen LogP contribution in [0.2, 0.25) is 10.0 Å². The average molecular weight is 406 g/mol. The average Bonchev–Trinajstić information content (AvgIpc) is 3.10. The summed E-state index contributed by atoms with van der Waals surface area (Å²) in [5.41, 5.74) is 0.876. The molecule has 1 amide bonds. The summed E-state index contributed by atoms with van der Waals surface area (Å²) in [5.74, 6) is -0.0559. The number of thiophene rings is 1. The van der Waals surface area contributed by atoms with Crippen LogP contribution in [0, 0.1) is 0 Å². The van der Waals surface area contributed by atoms with E-state index in [-0.39, 0.29) is 5.91 Å². The maximum atomic E-state index is 13.3. The smallest absolute Gasteiger partial charge is 0.235 e. The number of anilines is 1. The lowest BCUT2D eigenvalue weighted by Crippen LogP contribution is -2.45. The Morgan fingerprint density at radius 3 is 2.65 bits per heavy atom. The van der Waals surface area contributed by atoms with Crippen LogP contribution >= 0.6 is 34.5 Å². The molecule has 134 valence electrons. The van der Waals surface area contributed by atoms with Gasteiger partial charge in [-0.3, -0.25) is 4.79 Å². The normalized spacial score (nSPS) is 16.5. The zero-order valence-electron chi connectivity index (χ0n) is 13.9. The number of fused-ring (bicyclic) bond motifs is 1. The minimum absolute atomic E-state index is 0.0559. The number of carbonyl (C=O) groups excluding carboxylic acids is 1. The van der Waals surface area contributed by atoms with E-state index in [2.05, 4.69) is 11.4 Å². The minimum atomic E-state index is -0.719. The van der Waals surface area contributed by atoms with Gasteiger partial charge in [0.2, 0.25) is 5.91 Å².